The number of rotatable bonds is 6. The molecule has 25 heavy (non-hydrogen) atoms. The molecule has 0 spiro atoms. The summed E-state index contributed by atoms with van der Waals surface area (Å²) in [6, 6.07) is 8.59. The van der Waals surface area contributed by atoms with E-state index in [0.717, 1.165) is 31.5 Å². The molecular formula is C19H25FN4O. The highest BCUT2D eigenvalue weighted by molar-refractivity contribution is 5.79. The first-order valence-corrected chi connectivity index (χ1v) is 8.85. The minimum absolute atomic E-state index is 0.0117. The number of halogens is 1. The molecule has 1 amide bonds. The minimum Gasteiger partial charge on any atom is -0.352 e. The van der Waals surface area contributed by atoms with Gasteiger partial charge in [0.05, 0.1) is 12.5 Å². The van der Waals surface area contributed by atoms with Gasteiger partial charge < -0.3 is 5.32 Å². The topological polar surface area (TPSA) is 50.2 Å². The van der Waals surface area contributed by atoms with E-state index in [1.165, 1.54) is 6.07 Å². The van der Waals surface area contributed by atoms with E-state index in [-0.39, 0.29) is 23.7 Å². The fourth-order valence-corrected chi connectivity index (χ4v) is 3.40. The first-order valence-electron chi connectivity index (χ1n) is 8.85. The second kappa shape index (κ2) is 8.25. The summed E-state index contributed by atoms with van der Waals surface area (Å²) >= 11 is 0. The van der Waals surface area contributed by atoms with Crippen molar-refractivity contribution in [3.8, 4) is 0 Å². The van der Waals surface area contributed by atoms with Crippen LogP contribution in [0.3, 0.4) is 0 Å². The molecule has 2 atom stereocenters. The molecular weight excluding hydrogens is 319 g/mol. The number of amides is 1. The zero-order valence-electron chi connectivity index (χ0n) is 14.6. The lowest BCUT2D eigenvalue weighted by atomic mass is 9.96. The number of nitrogens with one attached hydrogen (secondary N) is 1. The minimum atomic E-state index is -0.212. The first-order chi connectivity index (χ1) is 12.1. The standard InChI is InChI=1S/C19H25FN4O/c1-15(12-24-10-4-8-21-24)22-19(25)17-6-3-9-23(14-17)13-16-5-2-7-18(20)11-16/h2,4-5,7-8,10-11,15,17H,3,6,9,12-14H2,1H3,(H,22,25). The van der Waals surface area contributed by atoms with Crippen molar-refractivity contribution in [1.29, 1.82) is 0 Å². The Hall–Kier alpha value is -2.21. The van der Waals surface area contributed by atoms with Gasteiger partial charge in [-0.05, 0) is 50.1 Å². The molecule has 0 bridgehead atoms. The third kappa shape index (κ3) is 5.13. The number of benzene rings is 1. The predicted octanol–water partition coefficient (Wildman–Crippen LogP) is 2.44. The molecule has 2 unspecified atom stereocenters. The van der Waals surface area contributed by atoms with Crippen molar-refractivity contribution in [2.24, 2.45) is 5.92 Å². The largest absolute Gasteiger partial charge is 0.352 e. The number of hydrogen-bond donors (Lipinski definition) is 1. The lowest BCUT2D eigenvalue weighted by Crippen LogP contribution is -2.46. The van der Waals surface area contributed by atoms with Crippen LogP contribution in [0.25, 0.3) is 0 Å². The molecule has 1 saturated heterocycles. The maximum atomic E-state index is 13.3. The van der Waals surface area contributed by atoms with Crippen molar-refractivity contribution in [1.82, 2.24) is 20.0 Å². The van der Waals surface area contributed by atoms with E-state index in [2.05, 4.69) is 15.3 Å². The summed E-state index contributed by atoms with van der Waals surface area (Å²) in [6.45, 7) is 5.01. The van der Waals surface area contributed by atoms with E-state index in [1.54, 1.807) is 18.3 Å². The fourth-order valence-electron chi connectivity index (χ4n) is 3.40. The van der Waals surface area contributed by atoms with Gasteiger partial charge in [0.2, 0.25) is 5.91 Å². The van der Waals surface area contributed by atoms with Gasteiger partial charge in [-0.15, -0.1) is 0 Å². The van der Waals surface area contributed by atoms with Crippen LogP contribution >= 0.6 is 0 Å². The third-order valence-electron chi connectivity index (χ3n) is 4.58. The van der Waals surface area contributed by atoms with Crippen LogP contribution in [0.4, 0.5) is 4.39 Å². The molecule has 5 nitrogen and oxygen atoms in total. The highest BCUT2D eigenvalue weighted by atomic mass is 19.1. The van der Waals surface area contributed by atoms with Crippen molar-refractivity contribution in [2.45, 2.75) is 38.9 Å². The quantitative estimate of drug-likeness (QED) is 0.876. The second-order valence-electron chi connectivity index (χ2n) is 6.84. The molecule has 1 aliphatic rings. The monoisotopic (exact) mass is 344 g/mol. The van der Waals surface area contributed by atoms with E-state index in [0.29, 0.717) is 13.1 Å². The van der Waals surface area contributed by atoms with Crippen LogP contribution in [0.5, 0.6) is 0 Å². The van der Waals surface area contributed by atoms with E-state index >= 15 is 0 Å². The maximum absolute atomic E-state index is 13.3. The van der Waals surface area contributed by atoms with Crippen LogP contribution < -0.4 is 5.32 Å². The number of likely N-dealkylation sites (tertiary alicyclic amines) is 1. The van der Waals surface area contributed by atoms with Gasteiger partial charge in [0.15, 0.2) is 0 Å². The normalized spacial score (nSPS) is 19.5. The molecule has 2 heterocycles. The molecule has 2 aromatic rings. The first kappa shape index (κ1) is 17.6. The van der Waals surface area contributed by atoms with Crippen molar-refractivity contribution in [3.63, 3.8) is 0 Å². The Kier molecular flexibility index (Phi) is 5.81. The summed E-state index contributed by atoms with van der Waals surface area (Å²) in [5.74, 6) is -0.123. The number of hydrogen-bond acceptors (Lipinski definition) is 3. The molecule has 0 radical (unpaired) electrons. The van der Waals surface area contributed by atoms with Gasteiger partial charge in [-0.1, -0.05) is 12.1 Å². The van der Waals surface area contributed by atoms with Gasteiger partial charge in [-0.3, -0.25) is 14.4 Å². The Balaban J connectivity index is 1.50. The smallest absolute Gasteiger partial charge is 0.224 e. The van der Waals surface area contributed by atoms with Gasteiger partial charge in [-0.2, -0.15) is 5.10 Å². The van der Waals surface area contributed by atoms with E-state index < -0.39 is 0 Å². The summed E-state index contributed by atoms with van der Waals surface area (Å²) < 4.78 is 15.2. The fraction of sp³-hybridized carbons (Fsp3) is 0.474. The van der Waals surface area contributed by atoms with Crippen molar-refractivity contribution in [2.75, 3.05) is 13.1 Å². The Morgan fingerprint density at radius 2 is 2.32 bits per heavy atom. The molecule has 1 N–H and O–H groups in total. The molecule has 0 aliphatic carbocycles. The van der Waals surface area contributed by atoms with Crippen LogP contribution in [-0.2, 0) is 17.9 Å². The van der Waals surface area contributed by atoms with E-state index in [4.69, 9.17) is 0 Å². The SMILES string of the molecule is CC(Cn1cccn1)NC(=O)C1CCCN(Cc2cccc(F)c2)C1. The van der Waals surface area contributed by atoms with Crippen LogP contribution in [-0.4, -0.2) is 39.7 Å². The summed E-state index contributed by atoms with van der Waals surface area (Å²) in [5.41, 5.74) is 0.952. The summed E-state index contributed by atoms with van der Waals surface area (Å²) in [4.78, 5) is 14.8. The number of aromatic nitrogens is 2. The maximum Gasteiger partial charge on any atom is 0.224 e. The van der Waals surface area contributed by atoms with Crippen LogP contribution in [0.2, 0.25) is 0 Å². The van der Waals surface area contributed by atoms with Gasteiger partial charge in [0.25, 0.3) is 0 Å². The van der Waals surface area contributed by atoms with Crippen LogP contribution in [0.15, 0.2) is 42.7 Å². The zero-order chi connectivity index (χ0) is 17.6. The van der Waals surface area contributed by atoms with E-state index in [9.17, 15) is 9.18 Å². The van der Waals surface area contributed by atoms with Crippen molar-refractivity contribution in [3.05, 3.63) is 54.1 Å². The molecule has 3 rings (SSSR count). The highest BCUT2D eigenvalue weighted by Crippen LogP contribution is 2.19. The summed E-state index contributed by atoms with van der Waals surface area (Å²) in [5, 5.41) is 7.26. The zero-order valence-corrected chi connectivity index (χ0v) is 14.6. The Labute approximate surface area is 147 Å². The average molecular weight is 344 g/mol. The molecule has 1 aromatic heterocycles. The van der Waals surface area contributed by atoms with E-state index in [1.807, 2.05) is 29.9 Å². The Morgan fingerprint density at radius 3 is 3.08 bits per heavy atom. The van der Waals surface area contributed by atoms with Gasteiger partial charge in [0.1, 0.15) is 5.82 Å². The number of carbonyl (C=O) groups excluding carboxylic acids is 1. The van der Waals surface area contributed by atoms with Gasteiger partial charge in [-0.25, -0.2) is 4.39 Å². The second-order valence-corrected chi connectivity index (χ2v) is 6.84. The predicted molar refractivity (Wildman–Crippen MR) is 94.2 cm³/mol. The Morgan fingerprint density at radius 1 is 1.44 bits per heavy atom. The molecule has 1 aliphatic heterocycles. The Bertz CT molecular complexity index is 688. The van der Waals surface area contributed by atoms with Crippen LogP contribution in [0.1, 0.15) is 25.3 Å². The number of carbonyl (C=O) groups is 1. The number of nitrogens with zero attached hydrogens (tertiary/aromatic N) is 3. The molecule has 0 saturated carbocycles. The molecule has 1 aromatic carbocycles. The average Bonchev–Trinajstić information content (AvgIpc) is 3.08. The lowest BCUT2D eigenvalue weighted by Gasteiger charge is -2.32. The molecule has 1 fully saturated rings. The molecule has 134 valence electrons. The van der Waals surface area contributed by atoms with Gasteiger partial charge >= 0.3 is 0 Å². The summed E-state index contributed by atoms with van der Waals surface area (Å²) in [7, 11) is 0. The molecule has 6 heteroatoms. The van der Waals surface area contributed by atoms with Crippen molar-refractivity contribution < 1.29 is 9.18 Å². The number of piperidine rings is 1. The highest BCUT2D eigenvalue weighted by Gasteiger charge is 2.26. The van der Waals surface area contributed by atoms with Crippen LogP contribution in [0, 0.1) is 11.7 Å². The van der Waals surface area contributed by atoms with Crippen molar-refractivity contribution >= 4 is 5.91 Å². The third-order valence-corrected chi connectivity index (χ3v) is 4.58. The summed E-state index contributed by atoms with van der Waals surface area (Å²) in [6.07, 6.45) is 5.52. The van der Waals surface area contributed by atoms with Gasteiger partial charge in [0, 0.05) is 31.5 Å². The lowest BCUT2D eigenvalue weighted by molar-refractivity contribution is -0.127.